The number of fused-ring (bicyclic) bond motifs is 1. The van der Waals surface area contributed by atoms with Gasteiger partial charge in [-0.15, -0.1) is 0 Å². The van der Waals surface area contributed by atoms with E-state index in [2.05, 4.69) is 40.2 Å². The first kappa shape index (κ1) is 8.96. The molecule has 1 saturated carbocycles. The maximum Gasteiger partial charge on any atom is 0.0923 e. The van der Waals surface area contributed by atoms with Crippen molar-refractivity contribution in [3.63, 3.8) is 0 Å². The van der Waals surface area contributed by atoms with Crippen LogP contribution in [0, 0.1) is 0 Å². The molecule has 0 unspecified atom stereocenters. The van der Waals surface area contributed by atoms with Crippen molar-refractivity contribution in [2.24, 2.45) is 0 Å². The number of hydrogen-bond acceptors (Lipinski definition) is 1. The molecule has 2 nitrogen and oxygen atoms in total. The van der Waals surface area contributed by atoms with Gasteiger partial charge in [-0.1, -0.05) is 37.5 Å². The first-order valence-electron chi connectivity index (χ1n) is 5.87. The average Bonchev–Trinajstić information content (AvgIpc) is 2.74. The highest BCUT2D eigenvalue weighted by atomic mass is 15.3. The minimum Gasteiger partial charge on any atom is -0.268 e. The van der Waals surface area contributed by atoms with Crippen LogP contribution in [0.5, 0.6) is 0 Å². The largest absolute Gasteiger partial charge is 0.268 e. The Morgan fingerprint density at radius 2 is 1.87 bits per heavy atom. The Morgan fingerprint density at radius 3 is 2.67 bits per heavy atom. The molecular formula is C13H16N2. The second-order valence-electron chi connectivity index (χ2n) is 4.46. The van der Waals surface area contributed by atoms with Gasteiger partial charge >= 0.3 is 0 Å². The lowest BCUT2D eigenvalue weighted by Crippen LogP contribution is -2.12. The molecule has 1 aliphatic rings. The number of benzene rings is 1. The van der Waals surface area contributed by atoms with Gasteiger partial charge in [0, 0.05) is 11.6 Å². The second kappa shape index (κ2) is 3.69. The molecule has 0 saturated heterocycles. The number of aromatic nitrogens is 2. The molecule has 2 aromatic rings. The fourth-order valence-electron chi connectivity index (χ4n) is 2.52. The van der Waals surface area contributed by atoms with Crippen molar-refractivity contribution in [2.75, 3.05) is 0 Å². The van der Waals surface area contributed by atoms with E-state index < -0.39 is 0 Å². The zero-order chi connectivity index (χ0) is 10.1. The molecule has 78 valence electrons. The van der Waals surface area contributed by atoms with Crippen molar-refractivity contribution in [1.29, 1.82) is 0 Å². The fraction of sp³-hybridized carbons (Fsp3) is 0.462. The lowest BCUT2D eigenvalue weighted by molar-refractivity contribution is 0.331. The molecule has 15 heavy (non-hydrogen) atoms. The monoisotopic (exact) mass is 200 g/mol. The molecule has 0 atom stereocenters. The summed E-state index contributed by atoms with van der Waals surface area (Å²) in [6.45, 7) is 0. The Hall–Kier alpha value is -1.31. The zero-order valence-electron chi connectivity index (χ0n) is 8.89. The molecule has 1 heterocycles. The Kier molecular flexibility index (Phi) is 2.20. The maximum atomic E-state index is 4.65. The van der Waals surface area contributed by atoms with Gasteiger partial charge in [-0.2, -0.15) is 5.10 Å². The molecular weight excluding hydrogens is 184 g/mol. The number of rotatable bonds is 1. The summed E-state index contributed by atoms with van der Waals surface area (Å²) in [7, 11) is 0. The van der Waals surface area contributed by atoms with E-state index in [9.17, 15) is 0 Å². The summed E-state index contributed by atoms with van der Waals surface area (Å²) in [5.74, 6) is 0. The molecule has 0 amide bonds. The van der Waals surface area contributed by atoms with Crippen LogP contribution in [-0.2, 0) is 0 Å². The summed E-state index contributed by atoms with van der Waals surface area (Å²) >= 11 is 0. The van der Waals surface area contributed by atoms with E-state index in [-0.39, 0.29) is 0 Å². The maximum absolute atomic E-state index is 4.65. The van der Waals surface area contributed by atoms with Gasteiger partial charge in [-0.3, -0.25) is 4.68 Å². The summed E-state index contributed by atoms with van der Waals surface area (Å²) in [5.41, 5.74) is 1.13. The summed E-state index contributed by atoms with van der Waals surface area (Å²) in [5, 5.41) is 5.92. The minimum absolute atomic E-state index is 0.645. The lowest BCUT2D eigenvalue weighted by atomic mass is 9.96. The van der Waals surface area contributed by atoms with Crippen LogP contribution >= 0.6 is 0 Å². The predicted molar refractivity (Wildman–Crippen MR) is 61.9 cm³/mol. The zero-order valence-corrected chi connectivity index (χ0v) is 8.89. The van der Waals surface area contributed by atoms with Crippen molar-refractivity contribution in [2.45, 2.75) is 38.1 Å². The van der Waals surface area contributed by atoms with E-state index in [1.807, 2.05) is 0 Å². The van der Waals surface area contributed by atoms with Crippen LogP contribution in [0.1, 0.15) is 38.1 Å². The molecule has 0 radical (unpaired) electrons. The predicted octanol–water partition coefficient (Wildman–Crippen LogP) is 3.54. The Morgan fingerprint density at radius 1 is 1.07 bits per heavy atom. The average molecular weight is 200 g/mol. The first-order valence-corrected chi connectivity index (χ1v) is 5.87. The summed E-state index contributed by atoms with van der Waals surface area (Å²) in [6.07, 6.45) is 8.92. The molecule has 0 bridgehead atoms. The van der Waals surface area contributed by atoms with Crippen LogP contribution in [0.15, 0.2) is 30.5 Å². The van der Waals surface area contributed by atoms with E-state index in [0.717, 1.165) is 5.52 Å². The molecule has 2 heteroatoms. The summed E-state index contributed by atoms with van der Waals surface area (Å²) in [6, 6.07) is 9.01. The molecule has 0 aliphatic heterocycles. The van der Waals surface area contributed by atoms with Gasteiger partial charge in [0.1, 0.15) is 0 Å². The van der Waals surface area contributed by atoms with Crippen LogP contribution < -0.4 is 0 Å². The van der Waals surface area contributed by atoms with Crippen LogP contribution in [0.25, 0.3) is 10.9 Å². The number of nitrogens with zero attached hydrogens (tertiary/aromatic N) is 2. The Bertz CT molecular complexity index is 419. The van der Waals surface area contributed by atoms with Crippen molar-refractivity contribution >= 4 is 10.9 Å². The van der Waals surface area contributed by atoms with Crippen molar-refractivity contribution < 1.29 is 0 Å². The first-order chi connectivity index (χ1) is 7.43. The van der Waals surface area contributed by atoms with Crippen LogP contribution in [0.2, 0.25) is 0 Å². The highest BCUT2D eigenvalue weighted by Crippen LogP contribution is 2.28. The second-order valence-corrected chi connectivity index (χ2v) is 4.46. The van der Waals surface area contributed by atoms with Gasteiger partial charge in [-0.05, 0) is 18.9 Å². The SMILES string of the molecule is c1ccc2nn(C3CCCCC3)cc2c1. The molecule has 1 fully saturated rings. The van der Waals surface area contributed by atoms with Crippen LogP contribution in [0.3, 0.4) is 0 Å². The van der Waals surface area contributed by atoms with Crippen molar-refractivity contribution in [3.05, 3.63) is 30.5 Å². The smallest absolute Gasteiger partial charge is 0.0923 e. The molecule has 3 rings (SSSR count). The highest BCUT2D eigenvalue weighted by Gasteiger charge is 2.15. The topological polar surface area (TPSA) is 17.8 Å². The lowest BCUT2D eigenvalue weighted by Gasteiger charge is -2.21. The quantitative estimate of drug-likeness (QED) is 0.688. The molecule has 1 aromatic carbocycles. The molecule has 0 spiro atoms. The van der Waals surface area contributed by atoms with Gasteiger partial charge in [0.25, 0.3) is 0 Å². The van der Waals surface area contributed by atoms with E-state index in [0.29, 0.717) is 6.04 Å². The molecule has 1 aliphatic carbocycles. The summed E-state index contributed by atoms with van der Waals surface area (Å²) < 4.78 is 2.18. The third kappa shape index (κ3) is 1.65. The Balaban J connectivity index is 1.96. The van der Waals surface area contributed by atoms with Crippen molar-refractivity contribution in [3.8, 4) is 0 Å². The van der Waals surface area contributed by atoms with E-state index in [1.54, 1.807) is 0 Å². The van der Waals surface area contributed by atoms with Gasteiger partial charge in [0.05, 0.1) is 11.6 Å². The van der Waals surface area contributed by atoms with Crippen molar-refractivity contribution in [1.82, 2.24) is 9.78 Å². The van der Waals surface area contributed by atoms with Gasteiger partial charge in [0.15, 0.2) is 0 Å². The van der Waals surface area contributed by atoms with Gasteiger partial charge < -0.3 is 0 Å². The summed E-state index contributed by atoms with van der Waals surface area (Å²) in [4.78, 5) is 0. The Labute approximate surface area is 89.9 Å². The van der Waals surface area contributed by atoms with Gasteiger partial charge in [-0.25, -0.2) is 0 Å². The standard InChI is InChI=1S/C13H16N2/c1-2-7-12(8-3-1)15-10-11-6-4-5-9-13(11)14-15/h4-6,9-10,12H,1-3,7-8H2. The van der Waals surface area contributed by atoms with E-state index in [4.69, 9.17) is 0 Å². The fourth-order valence-corrected chi connectivity index (χ4v) is 2.52. The molecule has 0 N–H and O–H groups in total. The third-order valence-electron chi connectivity index (χ3n) is 3.38. The van der Waals surface area contributed by atoms with Crippen LogP contribution in [-0.4, -0.2) is 9.78 Å². The van der Waals surface area contributed by atoms with Crippen LogP contribution in [0.4, 0.5) is 0 Å². The highest BCUT2D eigenvalue weighted by molar-refractivity contribution is 5.77. The number of hydrogen-bond donors (Lipinski definition) is 0. The molecule has 1 aromatic heterocycles. The third-order valence-corrected chi connectivity index (χ3v) is 3.38. The minimum atomic E-state index is 0.645. The van der Waals surface area contributed by atoms with E-state index in [1.165, 1.54) is 37.5 Å². The van der Waals surface area contributed by atoms with Gasteiger partial charge in [0.2, 0.25) is 0 Å². The van der Waals surface area contributed by atoms with E-state index >= 15 is 0 Å². The normalized spacial score (nSPS) is 18.4.